The Morgan fingerprint density at radius 3 is 2.45 bits per heavy atom. The van der Waals surface area contributed by atoms with Gasteiger partial charge in [0, 0.05) is 12.8 Å². The number of carbonyl (C=O) groups is 2. The smallest absolute Gasteiger partial charge is 0.341 e. The summed E-state index contributed by atoms with van der Waals surface area (Å²) in [7, 11) is 1.27. The Hall–Kier alpha value is -1.16. The van der Waals surface area contributed by atoms with Gasteiger partial charge in [-0.1, -0.05) is 26.8 Å². The molecule has 0 aromatic rings. The molecule has 0 fully saturated rings. The molecule has 114 valence electrons. The van der Waals surface area contributed by atoms with Crippen molar-refractivity contribution in [1.29, 1.82) is 0 Å². The Bertz CT molecular complexity index is 386. The van der Waals surface area contributed by atoms with Crippen molar-refractivity contribution < 1.29 is 19.4 Å². The van der Waals surface area contributed by atoms with Crippen molar-refractivity contribution in [3.63, 3.8) is 0 Å². The van der Waals surface area contributed by atoms with E-state index in [4.69, 9.17) is 0 Å². The molecule has 0 saturated heterocycles. The van der Waals surface area contributed by atoms with Crippen molar-refractivity contribution in [2.24, 2.45) is 17.8 Å². The number of hydrogen-bond acceptors (Lipinski definition) is 4. The number of hydrogen-bond donors (Lipinski definition) is 1. The lowest BCUT2D eigenvalue weighted by Gasteiger charge is -2.31. The van der Waals surface area contributed by atoms with Gasteiger partial charge in [-0.2, -0.15) is 0 Å². The highest BCUT2D eigenvalue weighted by atomic mass is 16.5. The van der Waals surface area contributed by atoms with E-state index in [1.54, 1.807) is 0 Å². The first-order valence-corrected chi connectivity index (χ1v) is 7.30. The summed E-state index contributed by atoms with van der Waals surface area (Å²) in [5, 5.41) is 10.1. The number of allylic oxidation sites excluding steroid dienone is 1. The van der Waals surface area contributed by atoms with Gasteiger partial charge in [0.25, 0.3) is 0 Å². The van der Waals surface area contributed by atoms with Gasteiger partial charge in [-0.05, 0) is 36.7 Å². The van der Waals surface area contributed by atoms with E-state index in [0.717, 1.165) is 0 Å². The van der Waals surface area contributed by atoms with Crippen molar-refractivity contribution in [3.8, 4) is 0 Å². The second kappa shape index (κ2) is 7.02. The number of rotatable bonds is 6. The second-order valence-electron chi connectivity index (χ2n) is 6.30. The van der Waals surface area contributed by atoms with Crippen LogP contribution in [-0.2, 0) is 14.3 Å². The van der Waals surface area contributed by atoms with Crippen LogP contribution >= 0.6 is 0 Å². The molecule has 1 aliphatic rings. The van der Waals surface area contributed by atoms with E-state index in [9.17, 15) is 14.7 Å². The van der Waals surface area contributed by atoms with Crippen molar-refractivity contribution in [3.05, 3.63) is 12.2 Å². The highest BCUT2D eigenvalue weighted by Crippen LogP contribution is 2.32. The summed E-state index contributed by atoms with van der Waals surface area (Å²) in [4.78, 5) is 23.3. The summed E-state index contributed by atoms with van der Waals surface area (Å²) < 4.78 is 4.60. The minimum atomic E-state index is -1.49. The van der Waals surface area contributed by atoms with Crippen LogP contribution in [0.25, 0.3) is 0 Å². The fourth-order valence-corrected chi connectivity index (χ4v) is 2.72. The van der Waals surface area contributed by atoms with E-state index < -0.39 is 11.6 Å². The molecule has 0 heterocycles. The van der Waals surface area contributed by atoms with Crippen molar-refractivity contribution in [1.82, 2.24) is 0 Å². The molecule has 0 spiro atoms. The van der Waals surface area contributed by atoms with Gasteiger partial charge < -0.3 is 9.84 Å². The standard InChI is InChI=1S/C16H26O4/c1-11(2)9-14(17)10-12(3)13-5-7-16(19,8-6-13)15(18)20-4/h5,7,11-13,19H,6,8-10H2,1-4H3. The molecule has 4 nitrogen and oxygen atoms in total. The van der Waals surface area contributed by atoms with Crippen LogP contribution in [0.5, 0.6) is 0 Å². The molecule has 4 heteroatoms. The lowest BCUT2D eigenvalue weighted by atomic mass is 9.77. The van der Waals surface area contributed by atoms with Crippen molar-refractivity contribution in [2.75, 3.05) is 7.11 Å². The highest BCUT2D eigenvalue weighted by Gasteiger charge is 2.38. The molecule has 0 aromatic heterocycles. The number of ether oxygens (including phenoxy) is 1. The summed E-state index contributed by atoms with van der Waals surface area (Å²) in [6.45, 7) is 6.13. The van der Waals surface area contributed by atoms with Gasteiger partial charge in [0.2, 0.25) is 0 Å². The molecule has 1 aliphatic carbocycles. The normalized spacial score (nSPS) is 27.4. The number of esters is 1. The van der Waals surface area contributed by atoms with Gasteiger partial charge in [-0.15, -0.1) is 0 Å². The van der Waals surface area contributed by atoms with Gasteiger partial charge in [0.1, 0.15) is 5.78 Å². The minimum Gasteiger partial charge on any atom is -0.467 e. The van der Waals surface area contributed by atoms with E-state index in [-0.39, 0.29) is 17.6 Å². The van der Waals surface area contributed by atoms with Gasteiger partial charge in [0.05, 0.1) is 7.11 Å². The number of ketones is 1. The average Bonchev–Trinajstić information content (AvgIpc) is 2.37. The number of Topliss-reactive ketones (excluding diaryl/α,β-unsaturated/α-hetero) is 1. The van der Waals surface area contributed by atoms with Gasteiger partial charge >= 0.3 is 5.97 Å². The molecular weight excluding hydrogens is 256 g/mol. The largest absolute Gasteiger partial charge is 0.467 e. The predicted molar refractivity (Wildman–Crippen MR) is 77.1 cm³/mol. The molecule has 0 bridgehead atoms. The first kappa shape index (κ1) is 16.9. The summed E-state index contributed by atoms with van der Waals surface area (Å²) >= 11 is 0. The highest BCUT2D eigenvalue weighted by molar-refractivity contribution is 5.82. The van der Waals surface area contributed by atoms with Gasteiger partial charge in [0.15, 0.2) is 5.60 Å². The fourth-order valence-electron chi connectivity index (χ4n) is 2.72. The van der Waals surface area contributed by atoms with Gasteiger partial charge in [-0.25, -0.2) is 4.79 Å². The third kappa shape index (κ3) is 4.44. The SMILES string of the molecule is COC(=O)C1(O)C=CC(C(C)CC(=O)CC(C)C)CC1. The van der Waals surface area contributed by atoms with E-state index in [1.807, 2.05) is 19.9 Å². The van der Waals surface area contributed by atoms with E-state index >= 15 is 0 Å². The Balaban J connectivity index is 2.57. The Morgan fingerprint density at radius 2 is 2.00 bits per heavy atom. The summed E-state index contributed by atoms with van der Waals surface area (Å²) in [5.41, 5.74) is -1.49. The minimum absolute atomic E-state index is 0.232. The lowest BCUT2D eigenvalue weighted by molar-refractivity contribution is -0.158. The summed E-state index contributed by atoms with van der Waals surface area (Å²) in [6.07, 6.45) is 5.60. The average molecular weight is 282 g/mol. The monoisotopic (exact) mass is 282 g/mol. The molecule has 0 amide bonds. The Morgan fingerprint density at radius 1 is 1.35 bits per heavy atom. The first-order chi connectivity index (χ1) is 9.28. The van der Waals surface area contributed by atoms with Crippen LogP contribution in [0.4, 0.5) is 0 Å². The summed E-state index contributed by atoms with van der Waals surface area (Å²) in [5.74, 6) is 0.530. The topological polar surface area (TPSA) is 63.6 Å². The lowest BCUT2D eigenvalue weighted by Crippen LogP contribution is -2.40. The molecule has 1 rings (SSSR count). The molecule has 1 N–H and O–H groups in total. The van der Waals surface area contributed by atoms with Crippen LogP contribution in [0.15, 0.2) is 12.2 Å². The first-order valence-electron chi connectivity index (χ1n) is 7.30. The van der Waals surface area contributed by atoms with Crippen LogP contribution in [0, 0.1) is 17.8 Å². The quantitative estimate of drug-likeness (QED) is 0.600. The maximum atomic E-state index is 11.8. The van der Waals surface area contributed by atoms with Crippen LogP contribution in [0.2, 0.25) is 0 Å². The number of carbonyl (C=O) groups excluding carboxylic acids is 2. The molecule has 20 heavy (non-hydrogen) atoms. The molecule has 0 radical (unpaired) electrons. The zero-order chi connectivity index (χ0) is 15.3. The van der Waals surface area contributed by atoms with E-state index in [2.05, 4.69) is 11.7 Å². The third-order valence-corrected chi connectivity index (χ3v) is 3.93. The number of aliphatic hydroxyl groups is 1. The Labute approximate surface area is 121 Å². The molecule has 0 aliphatic heterocycles. The molecule has 0 saturated carbocycles. The second-order valence-corrected chi connectivity index (χ2v) is 6.30. The molecule has 0 aromatic carbocycles. The van der Waals surface area contributed by atoms with Crippen molar-refractivity contribution >= 4 is 11.8 Å². The molecule has 3 unspecified atom stereocenters. The fraction of sp³-hybridized carbons (Fsp3) is 0.750. The van der Waals surface area contributed by atoms with E-state index in [1.165, 1.54) is 13.2 Å². The van der Waals surface area contributed by atoms with Crippen LogP contribution in [0.3, 0.4) is 0 Å². The van der Waals surface area contributed by atoms with Crippen LogP contribution < -0.4 is 0 Å². The maximum Gasteiger partial charge on any atom is 0.341 e. The predicted octanol–water partition coefficient (Wildman–Crippen LogP) is 2.50. The third-order valence-electron chi connectivity index (χ3n) is 3.93. The molecule has 3 atom stereocenters. The zero-order valence-corrected chi connectivity index (χ0v) is 12.9. The summed E-state index contributed by atoms with van der Waals surface area (Å²) in [6, 6.07) is 0. The Kier molecular flexibility index (Phi) is 5.93. The van der Waals surface area contributed by atoms with E-state index in [0.29, 0.717) is 31.6 Å². The van der Waals surface area contributed by atoms with Crippen LogP contribution in [-0.4, -0.2) is 29.6 Å². The molecular formula is C16H26O4. The van der Waals surface area contributed by atoms with Gasteiger partial charge in [-0.3, -0.25) is 4.79 Å². The maximum absolute atomic E-state index is 11.8. The zero-order valence-electron chi connectivity index (χ0n) is 12.9. The van der Waals surface area contributed by atoms with Crippen LogP contribution in [0.1, 0.15) is 46.5 Å². The number of methoxy groups -OCH3 is 1. The van der Waals surface area contributed by atoms with Crippen molar-refractivity contribution in [2.45, 2.75) is 52.1 Å².